The third-order valence-electron chi connectivity index (χ3n) is 3.06. The third-order valence-corrected chi connectivity index (χ3v) is 3.06. The minimum absolute atomic E-state index is 1.19. The first-order valence-corrected chi connectivity index (χ1v) is 5.66. The Bertz CT molecular complexity index is 243. The topological polar surface area (TPSA) is 6.48 Å². The van der Waals surface area contributed by atoms with E-state index in [4.69, 9.17) is 0 Å². The fourth-order valence-electron chi connectivity index (χ4n) is 2.14. The summed E-state index contributed by atoms with van der Waals surface area (Å²) in [5.74, 6) is 0. The molecule has 1 saturated heterocycles. The number of nitrogens with zero attached hydrogens (tertiary/aromatic N) is 2. The molecule has 0 atom stereocenters. The van der Waals surface area contributed by atoms with Gasteiger partial charge in [-0.05, 0) is 38.9 Å². The summed E-state index contributed by atoms with van der Waals surface area (Å²) in [4.78, 5) is 4.95. The summed E-state index contributed by atoms with van der Waals surface area (Å²) in [7, 11) is 2.22. The van der Waals surface area contributed by atoms with Crippen LogP contribution in [0, 0.1) is 0 Å². The molecule has 2 heteroatoms. The molecule has 2 nitrogen and oxygen atoms in total. The molecule has 0 aromatic carbocycles. The highest BCUT2D eigenvalue weighted by molar-refractivity contribution is 5.21. The molecule has 0 radical (unpaired) electrons. The zero-order chi connectivity index (χ0) is 9.80. The fraction of sp³-hybridized carbons (Fsp3) is 0.667. The Kier molecular flexibility index (Phi) is 3.25. The summed E-state index contributed by atoms with van der Waals surface area (Å²) in [5, 5.41) is 0. The molecule has 1 fully saturated rings. The number of rotatable bonds is 1. The van der Waals surface area contributed by atoms with E-state index in [1.165, 1.54) is 51.1 Å². The second-order valence-electron chi connectivity index (χ2n) is 4.25. The van der Waals surface area contributed by atoms with Crippen LogP contribution in [-0.2, 0) is 0 Å². The maximum atomic E-state index is 2.53. The van der Waals surface area contributed by atoms with Crippen molar-refractivity contribution in [2.75, 3.05) is 33.2 Å². The first-order valence-electron chi connectivity index (χ1n) is 5.66. The van der Waals surface area contributed by atoms with E-state index in [1.54, 1.807) is 0 Å². The third kappa shape index (κ3) is 2.38. The molecule has 1 heterocycles. The molecule has 0 aromatic heterocycles. The van der Waals surface area contributed by atoms with Crippen LogP contribution in [-0.4, -0.2) is 43.0 Å². The molecule has 0 unspecified atom stereocenters. The monoisotopic (exact) mass is 192 g/mol. The Hall–Kier alpha value is -0.760. The van der Waals surface area contributed by atoms with Crippen molar-refractivity contribution < 1.29 is 0 Å². The van der Waals surface area contributed by atoms with Crippen LogP contribution in [0.1, 0.15) is 19.3 Å². The van der Waals surface area contributed by atoms with Gasteiger partial charge in [-0.3, -0.25) is 0 Å². The van der Waals surface area contributed by atoms with Gasteiger partial charge in [-0.1, -0.05) is 12.2 Å². The van der Waals surface area contributed by atoms with Crippen LogP contribution in [0.15, 0.2) is 23.9 Å². The lowest BCUT2D eigenvalue weighted by atomic mass is 10.1. The molecule has 0 saturated carbocycles. The molecule has 2 rings (SSSR count). The second kappa shape index (κ2) is 4.65. The van der Waals surface area contributed by atoms with Crippen LogP contribution in [0.3, 0.4) is 0 Å². The van der Waals surface area contributed by atoms with Gasteiger partial charge in [0.15, 0.2) is 0 Å². The van der Waals surface area contributed by atoms with Crippen molar-refractivity contribution in [2.24, 2.45) is 0 Å². The average Bonchev–Trinajstić information content (AvgIpc) is 2.44. The maximum Gasteiger partial charge on any atom is 0.0323 e. The Morgan fingerprint density at radius 1 is 1.07 bits per heavy atom. The van der Waals surface area contributed by atoms with Crippen molar-refractivity contribution in [3.8, 4) is 0 Å². The van der Waals surface area contributed by atoms with E-state index in [0.717, 1.165) is 0 Å². The van der Waals surface area contributed by atoms with Crippen LogP contribution in [0.25, 0.3) is 0 Å². The van der Waals surface area contributed by atoms with Crippen molar-refractivity contribution in [2.45, 2.75) is 19.3 Å². The average molecular weight is 192 g/mol. The van der Waals surface area contributed by atoms with Crippen molar-refractivity contribution in [1.29, 1.82) is 0 Å². The first-order chi connectivity index (χ1) is 6.86. The van der Waals surface area contributed by atoms with Gasteiger partial charge in [0.2, 0.25) is 0 Å². The highest BCUT2D eigenvalue weighted by Crippen LogP contribution is 2.16. The minimum atomic E-state index is 1.19. The predicted molar refractivity (Wildman–Crippen MR) is 60.1 cm³/mol. The quantitative estimate of drug-likeness (QED) is 0.625. The van der Waals surface area contributed by atoms with E-state index >= 15 is 0 Å². The second-order valence-corrected chi connectivity index (χ2v) is 4.25. The predicted octanol–water partition coefficient (Wildman–Crippen LogP) is 1.86. The molecule has 1 aliphatic heterocycles. The molecular weight excluding hydrogens is 172 g/mol. The highest BCUT2D eigenvalue weighted by Gasteiger charge is 2.13. The van der Waals surface area contributed by atoms with Crippen molar-refractivity contribution in [3.05, 3.63) is 23.9 Å². The highest BCUT2D eigenvalue weighted by atomic mass is 15.2. The van der Waals surface area contributed by atoms with Gasteiger partial charge in [0.1, 0.15) is 0 Å². The fourth-order valence-corrected chi connectivity index (χ4v) is 2.14. The molecule has 0 spiro atoms. The van der Waals surface area contributed by atoms with E-state index in [-0.39, 0.29) is 0 Å². The Morgan fingerprint density at radius 2 is 2.00 bits per heavy atom. The molecule has 1 aliphatic carbocycles. The van der Waals surface area contributed by atoms with Gasteiger partial charge in [-0.2, -0.15) is 0 Å². The van der Waals surface area contributed by atoms with Crippen LogP contribution in [0.2, 0.25) is 0 Å². The summed E-state index contributed by atoms with van der Waals surface area (Å²) >= 11 is 0. The SMILES string of the molecule is CN1CCCN(C2=CCCC=C2)CC1. The van der Waals surface area contributed by atoms with Crippen molar-refractivity contribution in [1.82, 2.24) is 9.80 Å². The summed E-state index contributed by atoms with van der Waals surface area (Å²) in [6, 6.07) is 0. The smallest absolute Gasteiger partial charge is 0.0323 e. The molecule has 2 aliphatic rings. The van der Waals surface area contributed by atoms with Crippen LogP contribution >= 0.6 is 0 Å². The Balaban J connectivity index is 1.96. The van der Waals surface area contributed by atoms with Gasteiger partial charge in [0.05, 0.1) is 0 Å². The van der Waals surface area contributed by atoms with E-state index in [2.05, 4.69) is 35.1 Å². The Labute approximate surface area is 86.9 Å². The number of hydrogen-bond acceptors (Lipinski definition) is 2. The van der Waals surface area contributed by atoms with E-state index in [9.17, 15) is 0 Å². The van der Waals surface area contributed by atoms with E-state index in [1.807, 2.05) is 0 Å². The maximum absolute atomic E-state index is 2.53. The first kappa shape index (κ1) is 9.78. The van der Waals surface area contributed by atoms with E-state index < -0.39 is 0 Å². The number of allylic oxidation sites excluding steroid dienone is 3. The standard InChI is InChI=1S/C12H20N2/c1-13-8-5-9-14(11-10-13)12-6-3-2-4-7-12/h3,6-7H,2,4-5,8-11H2,1H3. The molecule has 0 N–H and O–H groups in total. The number of hydrogen-bond donors (Lipinski definition) is 0. The summed E-state index contributed by atoms with van der Waals surface area (Å²) in [6.07, 6.45) is 10.7. The normalized spacial score (nSPS) is 24.6. The molecule has 0 bridgehead atoms. The van der Waals surface area contributed by atoms with Gasteiger partial charge < -0.3 is 9.80 Å². The zero-order valence-corrected chi connectivity index (χ0v) is 9.08. The Morgan fingerprint density at radius 3 is 2.79 bits per heavy atom. The molecule has 78 valence electrons. The van der Waals surface area contributed by atoms with Crippen LogP contribution in [0.5, 0.6) is 0 Å². The molecule has 0 amide bonds. The van der Waals surface area contributed by atoms with Gasteiger partial charge >= 0.3 is 0 Å². The largest absolute Gasteiger partial charge is 0.370 e. The van der Waals surface area contributed by atoms with Gasteiger partial charge in [-0.25, -0.2) is 0 Å². The van der Waals surface area contributed by atoms with Gasteiger partial charge in [0.25, 0.3) is 0 Å². The lowest BCUT2D eigenvalue weighted by Crippen LogP contribution is -2.28. The minimum Gasteiger partial charge on any atom is -0.370 e. The van der Waals surface area contributed by atoms with Crippen molar-refractivity contribution in [3.63, 3.8) is 0 Å². The molecule has 14 heavy (non-hydrogen) atoms. The van der Waals surface area contributed by atoms with E-state index in [0.29, 0.717) is 0 Å². The summed E-state index contributed by atoms with van der Waals surface area (Å²) in [6.45, 7) is 4.85. The molecular formula is C12H20N2. The van der Waals surface area contributed by atoms with Crippen LogP contribution in [0.4, 0.5) is 0 Å². The zero-order valence-electron chi connectivity index (χ0n) is 9.08. The van der Waals surface area contributed by atoms with Gasteiger partial charge in [0, 0.05) is 25.3 Å². The van der Waals surface area contributed by atoms with Crippen LogP contribution < -0.4 is 0 Å². The summed E-state index contributed by atoms with van der Waals surface area (Å²) < 4.78 is 0. The number of likely N-dealkylation sites (N-methyl/N-ethyl adjacent to an activating group) is 1. The lowest BCUT2D eigenvalue weighted by molar-refractivity contribution is 0.329. The van der Waals surface area contributed by atoms with Crippen molar-refractivity contribution >= 4 is 0 Å². The van der Waals surface area contributed by atoms with Gasteiger partial charge in [-0.15, -0.1) is 0 Å². The summed E-state index contributed by atoms with van der Waals surface area (Å²) in [5.41, 5.74) is 1.45. The lowest BCUT2D eigenvalue weighted by Gasteiger charge is -2.25. The molecule has 0 aromatic rings.